The molecule has 0 radical (unpaired) electrons. The van der Waals surface area contributed by atoms with E-state index in [4.69, 9.17) is 0 Å². The number of benzene rings is 6. The van der Waals surface area contributed by atoms with Crippen LogP contribution in [0.25, 0.3) is 50.7 Å². The summed E-state index contributed by atoms with van der Waals surface area (Å²) in [6.45, 7) is 7.50. The molecule has 0 aliphatic heterocycles. The fourth-order valence-corrected chi connectivity index (χ4v) is 15.0. The Morgan fingerprint density at radius 3 is 1.22 bits per heavy atom. The van der Waals surface area contributed by atoms with Gasteiger partial charge in [0.15, 0.2) is 27.3 Å². The van der Waals surface area contributed by atoms with E-state index >= 15 is 0 Å². The van der Waals surface area contributed by atoms with E-state index in [0.29, 0.717) is 96.5 Å². The number of rotatable bonds is 21. The monoisotopic (exact) mass is 1670 g/mol. The molecule has 15 aromatic rings. The second kappa shape index (κ2) is 38.0. The second-order valence-electron chi connectivity index (χ2n) is 28.0. The van der Waals surface area contributed by atoms with Crippen molar-refractivity contribution in [1.29, 1.82) is 0 Å². The van der Waals surface area contributed by atoms with Crippen LogP contribution in [-0.2, 0) is 20.6 Å². The van der Waals surface area contributed by atoms with Gasteiger partial charge in [0.05, 0.1) is 35.1 Å². The van der Waals surface area contributed by atoms with E-state index in [2.05, 4.69) is 117 Å². The summed E-state index contributed by atoms with van der Waals surface area (Å²) in [5, 5.41) is 22.0. The molecule has 6 N–H and O–H groups in total. The first-order valence-electron chi connectivity index (χ1n) is 37.2. The van der Waals surface area contributed by atoms with E-state index in [1.54, 1.807) is 118 Å². The standard InChI is InChI=1S/C29H26FN7O3S.C29H26FN7O2S.C29H26FN7OS/c1-19-6-12-23(17-21(19)9-13-24-18-31-25-5-4-14-32-37(24)25)33-28(38)27-26(20-7-10-22(30)11-8-20)34-29(35-27)41(39,40)16-15-36(2)3;1-19-6-12-23(17-21(19)9-13-24-18-31-25-5-4-14-32-37(24)25)33-28(38)27-26(20-7-10-22(30)11-8-20)34-29(35-27)40(39)16-15-36(2)3;1-19-6-12-23(17-21(19)9-13-24-18-31-25-5-4-14-32-37(24)25)33-28(38)27-26(20-7-10-22(30)11-8-20)34-29(35-27)39-16-15-36(2)3/h4-8,10-12,14,17-18H,15-16H2,1-3H3,(H,33,38)(H,34,35);4-8,10-12,14,17-18H,15-16H2,1-3H3,(H,33,38)(H,34,35);4-8,10-12,14,17-18H,15-16H2,1-3H3,(H,33,38)(H,34,35). The highest BCUT2D eigenvalue weighted by molar-refractivity contribution is 7.99. The maximum Gasteiger partial charge on any atom is 0.274 e. The first kappa shape index (κ1) is 83.9. The predicted molar refractivity (Wildman–Crippen MR) is 456 cm³/mol. The number of H-pyrrole nitrogens is 3. The summed E-state index contributed by atoms with van der Waals surface area (Å²) in [7, 11) is 6.00. The third kappa shape index (κ3) is 21.0. The third-order valence-corrected chi connectivity index (χ3v) is 21.7. The highest BCUT2D eigenvalue weighted by Crippen LogP contribution is 2.31. The van der Waals surface area contributed by atoms with E-state index in [0.717, 1.165) is 45.8 Å². The number of aromatic nitrogens is 15. The Morgan fingerprint density at radius 2 is 0.825 bits per heavy atom. The predicted octanol–water partition coefficient (Wildman–Crippen LogP) is 12.3. The van der Waals surface area contributed by atoms with Gasteiger partial charge in [-0.2, -0.15) is 15.3 Å². The van der Waals surface area contributed by atoms with E-state index in [-0.39, 0.29) is 57.1 Å². The Balaban J connectivity index is 0.000000156. The van der Waals surface area contributed by atoms with Crippen molar-refractivity contribution in [3.05, 3.63) is 286 Å². The van der Waals surface area contributed by atoms with Crippen molar-refractivity contribution in [3.63, 3.8) is 0 Å². The van der Waals surface area contributed by atoms with Gasteiger partial charge >= 0.3 is 0 Å². The lowest BCUT2D eigenvalue weighted by atomic mass is 10.1. The number of hydrogen-bond acceptors (Lipinski definition) is 19. The summed E-state index contributed by atoms with van der Waals surface area (Å²) >= 11 is 1.52. The molecule has 1 unspecified atom stereocenters. The SMILES string of the molecule is Cc1ccc(NC(=O)c2[nH]c(S(=O)(=O)CCN(C)C)nc2-c2ccc(F)cc2)cc1C#Cc1cnc2cccnn12.Cc1ccc(NC(=O)c2[nH]c(S(=O)CCN(C)C)nc2-c2ccc(F)cc2)cc1C#Cc1cnc2cccnn12.Cc1ccc(NC(=O)c2[nH]c(SCCN(C)C)nc2-c2ccc(F)cc2)cc1C#Cc1cnc2cccnn12. The van der Waals surface area contributed by atoms with Gasteiger partial charge in [0.1, 0.15) is 68.7 Å². The average Bonchev–Trinajstić information content (AvgIpc) is 1.65. The van der Waals surface area contributed by atoms with E-state index in [9.17, 15) is 40.2 Å². The number of imidazole rings is 6. The maximum atomic E-state index is 13.6. The minimum atomic E-state index is -3.83. The zero-order valence-corrected chi connectivity index (χ0v) is 68.8. The number of thioether (sulfide) groups is 1. The quantitative estimate of drug-likeness (QED) is 0.0287. The molecule has 120 heavy (non-hydrogen) atoms. The number of hydrogen-bond donors (Lipinski definition) is 6. The number of anilines is 3. The van der Waals surface area contributed by atoms with Crippen molar-refractivity contribution < 1.29 is 40.2 Å². The molecule has 15 rings (SSSR count). The zero-order chi connectivity index (χ0) is 84.7. The molecule has 3 amide bonds. The van der Waals surface area contributed by atoms with E-state index in [1.165, 1.54) is 72.4 Å². The summed E-state index contributed by atoms with van der Waals surface area (Å²) in [4.78, 5) is 81.1. The van der Waals surface area contributed by atoms with Gasteiger partial charge in [0, 0.05) is 100 Å². The number of carbonyl (C=O) groups is 3. The molecule has 33 heteroatoms. The minimum absolute atomic E-state index is 0.0648. The van der Waals surface area contributed by atoms with Crippen LogP contribution in [0.15, 0.2) is 216 Å². The van der Waals surface area contributed by atoms with E-state index in [1.807, 2.05) is 108 Å². The number of amides is 3. The van der Waals surface area contributed by atoms with Crippen molar-refractivity contribution in [1.82, 2.24) is 88.4 Å². The second-order valence-corrected chi connectivity index (χ2v) is 32.6. The van der Waals surface area contributed by atoms with Crippen LogP contribution in [0, 0.1) is 73.7 Å². The molecule has 0 spiro atoms. The lowest BCUT2D eigenvalue weighted by Gasteiger charge is -2.08. The van der Waals surface area contributed by atoms with Crippen LogP contribution in [0.1, 0.15) is 81.9 Å². The van der Waals surface area contributed by atoms with Crippen LogP contribution in [0.3, 0.4) is 0 Å². The average molecular weight is 1670 g/mol. The number of nitrogens with zero attached hydrogens (tertiary/aromatic N) is 15. The zero-order valence-electron chi connectivity index (χ0n) is 66.3. The van der Waals surface area contributed by atoms with Crippen molar-refractivity contribution in [2.24, 2.45) is 0 Å². The first-order valence-corrected chi connectivity index (χ1v) is 41.2. The normalized spacial score (nSPS) is 11.4. The van der Waals surface area contributed by atoms with Gasteiger partial charge in [-0.05, 0) is 243 Å². The lowest BCUT2D eigenvalue weighted by Crippen LogP contribution is -2.22. The molecule has 0 fully saturated rings. The molecule has 0 bridgehead atoms. The summed E-state index contributed by atoms with van der Waals surface area (Å²) in [6.07, 6.45) is 9.97. The molecule has 9 heterocycles. The molecule has 9 aromatic heterocycles. The van der Waals surface area contributed by atoms with Crippen LogP contribution in [0.5, 0.6) is 0 Å². The van der Waals surface area contributed by atoms with Gasteiger partial charge < -0.3 is 45.6 Å². The van der Waals surface area contributed by atoms with Crippen LogP contribution in [0.4, 0.5) is 30.2 Å². The topological polar surface area (TPSA) is 325 Å². The molecular formula is C87H78F3N21O6S3. The van der Waals surface area contributed by atoms with Crippen molar-refractivity contribution >= 4 is 84.1 Å². The van der Waals surface area contributed by atoms with Crippen LogP contribution in [0.2, 0.25) is 0 Å². The summed E-state index contributed by atoms with van der Waals surface area (Å²) in [5.74, 6) is 17.0. The highest BCUT2D eigenvalue weighted by Gasteiger charge is 2.28. The Labute approximate surface area is 695 Å². The van der Waals surface area contributed by atoms with Gasteiger partial charge in [0.2, 0.25) is 15.0 Å². The molecule has 0 aliphatic carbocycles. The fraction of sp³-hybridized carbons (Fsp3) is 0.172. The Bertz CT molecular complexity index is 6660. The molecule has 0 saturated heterocycles. The number of carbonyl (C=O) groups excluding carboxylic acids is 3. The number of halogens is 3. The Morgan fingerprint density at radius 1 is 0.458 bits per heavy atom. The Kier molecular flexibility index (Phi) is 26.6. The fourth-order valence-electron chi connectivity index (χ4n) is 11.6. The largest absolute Gasteiger partial charge is 0.328 e. The van der Waals surface area contributed by atoms with Gasteiger partial charge in [-0.1, -0.05) is 47.7 Å². The molecular weight excluding hydrogens is 1590 g/mol. The van der Waals surface area contributed by atoms with Gasteiger partial charge in [0.25, 0.3) is 17.7 Å². The number of nitrogens with one attached hydrogen (secondary N) is 6. The van der Waals surface area contributed by atoms with Crippen LogP contribution in [-0.4, -0.2) is 198 Å². The minimum Gasteiger partial charge on any atom is -0.328 e. The lowest BCUT2D eigenvalue weighted by molar-refractivity contribution is 0.101. The molecule has 0 aliphatic rings. The van der Waals surface area contributed by atoms with Crippen molar-refractivity contribution in [3.8, 4) is 69.3 Å². The molecule has 6 aromatic carbocycles. The van der Waals surface area contributed by atoms with Gasteiger partial charge in [-0.25, -0.2) is 65.0 Å². The van der Waals surface area contributed by atoms with Crippen molar-refractivity contribution in [2.45, 2.75) is 36.2 Å². The first-order chi connectivity index (χ1) is 57.7. The number of aryl methyl sites for hydroxylation is 3. The molecule has 27 nitrogen and oxygen atoms in total. The molecule has 606 valence electrons. The number of fused-ring (bicyclic) bond motifs is 3. The summed E-state index contributed by atoms with van der Waals surface area (Å²) in [6, 6.07) is 44.1. The summed E-state index contributed by atoms with van der Waals surface area (Å²) < 4.78 is 84.5. The molecule has 0 saturated carbocycles. The third-order valence-electron chi connectivity index (χ3n) is 18.2. The van der Waals surface area contributed by atoms with Crippen LogP contribution < -0.4 is 16.0 Å². The van der Waals surface area contributed by atoms with Crippen LogP contribution >= 0.6 is 11.8 Å². The van der Waals surface area contributed by atoms with E-state index < -0.39 is 44.1 Å². The van der Waals surface area contributed by atoms with Gasteiger partial charge in [-0.3, -0.25) is 18.6 Å². The van der Waals surface area contributed by atoms with Gasteiger partial charge in [-0.15, -0.1) is 0 Å². The van der Waals surface area contributed by atoms with Crippen molar-refractivity contribution in [2.75, 3.05) is 95.1 Å². The maximum absolute atomic E-state index is 13.6. The summed E-state index contributed by atoms with van der Waals surface area (Å²) in [5.41, 5.74) is 13.3. The Hall–Kier alpha value is -14.0. The molecule has 1 atom stereocenters. The highest BCUT2D eigenvalue weighted by atomic mass is 32.2. The number of sulfone groups is 1. The number of aromatic amines is 3. The smallest absolute Gasteiger partial charge is 0.274 e.